The highest BCUT2D eigenvalue weighted by Crippen LogP contribution is 2.21. The minimum absolute atomic E-state index is 0.0791. The lowest BCUT2D eigenvalue weighted by atomic mass is 10.2. The van der Waals surface area contributed by atoms with Gasteiger partial charge in [-0.05, 0) is 19.1 Å². The Kier molecular flexibility index (Phi) is 4.21. The van der Waals surface area contributed by atoms with Crippen molar-refractivity contribution in [2.45, 2.75) is 13.0 Å². The number of urea groups is 1. The number of carbonyl (C=O) groups is 2. The fourth-order valence-corrected chi connectivity index (χ4v) is 1.18. The molecule has 1 atom stereocenters. The van der Waals surface area contributed by atoms with Crippen LogP contribution in [0, 0.1) is 17.1 Å². The SMILES string of the molecule is CC(Oc1cccc(F)c1C#N)C(=O)NC(N)=O. The molecule has 0 aliphatic carbocycles. The van der Waals surface area contributed by atoms with Gasteiger partial charge in [0.1, 0.15) is 23.2 Å². The molecule has 3 amide bonds. The number of benzene rings is 1. The van der Waals surface area contributed by atoms with Crippen LogP contribution >= 0.6 is 0 Å². The smallest absolute Gasteiger partial charge is 0.318 e. The monoisotopic (exact) mass is 251 g/mol. The molecule has 0 aliphatic rings. The van der Waals surface area contributed by atoms with Crippen LogP contribution in [0.2, 0.25) is 0 Å². The number of hydrogen-bond acceptors (Lipinski definition) is 4. The van der Waals surface area contributed by atoms with Gasteiger partial charge in [0, 0.05) is 0 Å². The first kappa shape index (κ1) is 13.4. The maximum absolute atomic E-state index is 13.2. The molecule has 94 valence electrons. The number of nitriles is 1. The first-order valence-electron chi connectivity index (χ1n) is 4.91. The van der Waals surface area contributed by atoms with Crippen LogP contribution in [0.5, 0.6) is 5.75 Å². The highest BCUT2D eigenvalue weighted by molar-refractivity contribution is 5.95. The second-order valence-electron chi connectivity index (χ2n) is 3.34. The first-order valence-corrected chi connectivity index (χ1v) is 4.91. The Bertz CT molecular complexity index is 525. The van der Waals surface area contributed by atoms with E-state index in [0.29, 0.717) is 0 Å². The van der Waals surface area contributed by atoms with Gasteiger partial charge >= 0.3 is 6.03 Å². The van der Waals surface area contributed by atoms with Crippen molar-refractivity contribution in [2.24, 2.45) is 5.73 Å². The fraction of sp³-hybridized carbons (Fsp3) is 0.182. The summed E-state index contributed by atoms with van der Waals surface area (Å²) in [4.78, 5) is 21.8. The van der Waals surface area contributed by atoms with E-state index in [1.54, 1.807) is 6.07 Å². The molecule has 0 bridgehead atoms. The van der Waals surface area contributed by atoms with E-state index in [9.17, 15) is 14.0 Å². The van der Waals surface area contributed by atoms with Gasteiger partial charge in [0.25, 0.3) is 5.91 Å². The number of rotatable bonds is 3. The van der Waals surface area contributed by atoms with Crippen molar-refractivity contribution in [1.82, 2.24) is 5.32 Å². The van der Waals surface area contributed by atoms with E-state index >= 15 is 0 Å². The van der Waals surface area contributed by atoms with E-state index < -0.39 is 23.9 Å². The van der Waals surface area contributed by atoms with Gasteiger partial charge in [-0.3, -0.25) is 10.1 Å². The molecule has 0 spiro atoms. The number of carbonyl (C=O) groups excluding carboxylic acids is 2. The van der Waals surface area contributed by atoms with E-state index in [2.05, 4.69) is 0 Å². The zero-order valence-corrected chi connectivity index (χ0v) is 9.44. The van der Waals surface area contributed by atoms with Crippen LogP contribution in [-0.4, -0.2) is 18.0 Å². The molecule has 6 nitrogen and oxygen atoms in total. The summed E-state index contributed by atoms with van der Waals surface area (Å²) in [6.07, 6.45) is -1.09. The molecule has 3 N–H and O–H groups in total. The Hall–Kier alpha value is -2.62. The van der Waals surface area contributed by atoms with Gasteiger partial charge in [-0.1, -0.05) is 6.07 Å². The summed E-state index contributed by atoms with van der Waals surface area (Å²) in [5.74, 6) is -1.61. The zero-order chi connectivity index (χ0) is 13.7. The van der Waals surface area contributed by atoms with E-state index in [4.69, 9.17) is 15.7 Å². The number of nitrogens with one attached hydrogen (secondary N) is 1. The normalized spacial score (nSPS) is 11.2. The molecule has 0 aromatic heterocycles. The summed E-state index contributed by atoms with van der Waals surface area (Å²) in [5.41, 5.74) is 4.46. The van der Waals surface area contributed by atoms with Gasteiger partial charge in [0.15, 0.2) is 6.10 Å². The molecule has 7 heteroatoms. The molecule has 0 heterocycles. The molecule has 0 saturated heterocycles. The minimum Gasteiger partial charge on any atom is -0.479 e. The van der Waals surface area contributed by atoms with E-state index in [1.807, 2.05) is 5.32 Å². The Morgan fingerprint density at radius 3 is 2.78 bits per heavy atom. The van der Waals surface area contributed by atoms with E-state index in [0.717, 1.165) is 6.07 Å². The standard InChI is InChI=1S/C11H10FN3O3/c1-6(10(16)15-11(14)17)18-9-4-2-3-8(12)7(9)5-13/h2-4,6H,1H3,(H3,14,15,16,17). The van der Waals surface area contributed by atoms with Crippen molar-refractivity contribution < 1.29 is 18.7 Å². The lowest BCUT2D eigenvalue weighted by Gasteiger charge is -2.14. The van der Waals surface area contributed by atoms with Gasteiger partial charge in [-0.2, -0.15) is 5.26 Å². The largest absolute Gasteiger partial charge is 0.479 e. The molecule has 1 aromatic rings. The second-order valence-corrected chi connectivity index (χ2v) is 3.34. The van der Waals surface area contributed by atoms with Gasteiger partial charge < -0.3 is 10.5 Å². The molecule has 0 saturated carbocycles. The molecule has 1 rings (SSSR count). The molecule has 1 aromatic carbocycles. The maximum Gasteiger partial charge on any atom is 0.318 e. The lowest BCUT2D eigenvalue weighted by molar-refractivity contribution is -0.126. The summed E-state index contributed by atoms with van der Waals surface area (Å²) in [7, 11) is 0. The number of halogens is 1. The van der Waals surface area contributed by atoms with Gasteiger partial charge in [-0.15, -0.1) is 0 Å². The maximum atomic E-state index is 13.2. The fourth-order valence-electron chi connectivity index (χ4n) is 1.18. The summed E-state index contributed by atoms with van der Waals surface area (Å²) in [5, 5.41) is 10.6. The Labute approximate surface area is 102 Å². The number of ether oxygens (including phenoxy) is 1. The summed E-state index contributed by atoms with van der Waals surface area (Å²) in [6.45, 7) is 1.34. The molecule has 1 unspecified atom stereocenters. The van der Waals surface area contributed by atoms with Crippen LogP contribution < -0.4 is 15.8 Å². The Morgan fingerprint density at radius 2 is 2.22 bits per heavy atom. The molecular formula is C11H10FN3O3. The molecular weight excluding hydrogens is 241 g/mol. The highest BCUT2D eigenvalue weighted by Gasteiger charge is 2.18. The third-order valence-corrected chi connectivity index (χ3v) is 2.01. The van der Waals surface area contributed by atoms with Crippen LogP contribution in [-0.2, 0) is 4.79 Å². The van der Waals surface area contributed by atoms with Crippen molar-refractivity contribution >= 4 is 11.9 Å². The van der Waals surface area contributed by atoms with Crippen LogP contribution in [0.15, 0.2) is 18.2 Å². The van der Waals surface area contributed by atoms with Gasteiger partial charge in [-0.25, -0.2) is 9.18 Å². The summed E-state index contributed by atoms with van der Waals surface area (Å²) < 4.78 is 18.3. The van der Waals surface area contributed by atoms with E-state index in [-0.39, 0.29) is 11.3 Å². The van der Waals surface area contributed by atoms with Crippen LogP contribution in [0.25, 0.3) is 0 Å². The first-order chi connectivity index (χ1) is 8.45. The Morgan fingerprint density at radius 1 is 1.56 bits per heavy atom. The third-order valence-electron chi connectivity index (χ3n) is 2.01. The number of nitrogens with two attached hydrogens (primary N) is 1. The number of imide groups is 1. The zero-order valence-electron chi connectivity index (χ0n) is 9.44. The molecule has 0 fully saturated rings. The number of hydrogen-bond donors (Lipinski definition) is 2. The highest BCUT2D eigenvalue weighted by atomic mass is 19.1. The quantitative estimate of drug-likeness (QED) is 0.823. The number of amides is 3. The summed E-state index contributed by atoms with van der Waals surface area (Å²) >= 11 is 0. The third kappa shape index (κ3) is 3.18. The van der Waals surface area contributed by atoms with Crippen molar-refractivity contribution in [3.8, 4) is 11.8 Å². The number of primary amides is 1. The van der Waals surface area contributed by atoms with Gasteiger partial charge in [0.05, 0.1) is 0 Å². The van der Waals surface area contributed by atoms with Crippen molar-refractivity contribution in [3.05, 3.63) is 29.6 Å². The van der Waals surface area contributed by atoms with Crippen LogP contribution in [0.4, 0.5) is 9.18 Å². The summed E-state index contributed by atoms with van der Waals surface area (Å²) in [6, 6.07) is 4.38. The predicted molar refractivity (Wildman–Crippen MR) is 58.9 cm³/mol. The molecule has 0 radical (unpaired) electrons. The number of nitrogens with zero attached hydrogens (tertiary/aromatic N) is 1. The molecule has 18 heavy (non-hydrogen) atoms. The average Bonchev–Trinajstić information content (AvgIpc) is 2.28. The minimum atomic E-state index is -1.09. The average molecular weight is 251 g/mol. The van der Waals surface area contributed by atoms with Gasteiger partial charge in [0.2, 0.25) is 0 Å². The predicted octanol–water partition coefficient (Wildman–Crippen LogP) is 0.660. The topological polar surface area (TPSA) is 105 Å². The van der Waals surface area contributed by atoms with Crippen molar-refractivity contribution in [2.75, 3.05) is 0 Å². The van der Waals surface area contributed by atoms with Crippen LogP contribution in [0.1, 0.15) is 12.5 Å². The van der Waals surface area contributed by atoms with Crippen molar-refractivity contribution in [1.29, 1.82) is 5.26 Å². The Balaban J connectivity index is 2.86. The van der Waals surface area contributed by atoms with E-state index in [1.165, 1.54) is 19.1 Å². The second kappa shape index (κ2) is 5.63. The lowest BCUT2D eigenvalue weighted by Crippen LogP contribution is -2.42. The molecule has 0 aliphatic heterocycles. The van der Waals surface area contributed by atoms with Crippen LogP contribution in [0.3, 0.4) is 0 Å². The van der Waals surface area contributed by atoms with Crippen molar-refractivity contribution in [3.63, 3.8) is 0 Å².